The van der Waals surface area contributed by atoms with Crippen LogP contribution in [0, 0.1) is 11.3 Å². The molecule has 2 aromatic carbocycles. The number of rotatable bonds is 4. The number of hydrogen-bond donors (Lipinski definition) is 0. The fourth-order valence-corrected chi connectivity index (χ4v) is 3.34. The maximum absolute atomic E-state index is 14.2. The number of carbonyl (C=O) groups excluding carboxylic acids is 1. The van der Waals surface area contributed by atoms with Crippen LogP contribution < -0.4 is 0 Å². The van der Waals surface area contributed by atoms with Crippen molar-refractivity contribution >= 4 is 40.6 Å². The molecule has 0 saturated carbocycles. The van der Waals surface area contributed by atoms with Gasteiger partial charge in [0.1, 0.15) is 6.07 Å². The van der Waals surface area contributed by atoms with Crippen LogP contribution in [0.15, 0.2) is 30.3 Å². The average Bonchev–Trinajstić information content (AvgIpc) is 2.61. The molecule has 0 unspecified atom stereocenters. The summed E-state index contributed by atoms with van der Waals surface area (Å²) >= 11 is 17.3. The van der Waals surface area contributed by atoms with Crippen molar-refractivity contribution in [1.29, 1.82) is 5.26 Å². The van der Waals surface area contributed by atoms with Crippen LogP contribution in [0.25, 0.3) is 0 Å². The summed E-state index contributed by atoms with van der Waals surface area (Å²) in [4.78, 5) is 12.4. The highest BCUT2D eigenvalue weighted by Gasteiger charge is 2.73. The molecule has 0 heterocycles. The molecule has 0 atom stereocenters. The SMILES string of the molecule is N#Cc1ccc(C(=O)Cc2c(Cl)cc(C(F)(C(F)(F)F)C(F)(F)F)cc2Cl)cc1Cl. The molecule has 0 amide bonds. The molecule has 0 N–H and O–H groups in total. The van der Waals surface area contributed by atoms with Crippen molar-refractivity contribution in [2.24, 2.45) is 0 Å². The Hall–Kier alpha value is -2.02. The van der Waals surface area contributed by atoms with Gasteiger partial charge in [0.05, 0.1) is 10.6 Å². The molecule has 0 fully saturated rings. The van der Waals surface area contributed by atoms with Crippen LogP contribution in [0.4, 0.5) is 30.7 Å². The van der Waals surface area contributed by atoms with Crippen LogP contribution in [0.5, 0.6) is 0 Å². The standard InChI is InChI=1S/C18H7Cl3F7NO/c19-12-3-8(1-2-9(12)7-29)15(30)6-11-13(20)4-10(5-14(11)21)16(22,17(23,24)25)18(26,27)28/h1-5H,6H2. The highest BCUT2D eigenvalue weighted by atomic mass is 35.5. The topological polar surface area (TPSA) is 40.9 Å². The lowest BCUT2D eigenvalue weighted by molar-refractivity contribution is -0.348. The minimum Gasteiger partial charge on any atom is -0.294 e. The lowest BCUT2D eigenvalue weighted by Gasteiger charge is -2.30. The van der Waals surface area contributed by atoms with Crippen molar-refractivity contribution in [2.45, 2.75) is 24.4 Å². The predicted molar refractivity (Wildman–Crippen MR) is 95.6 cm³/mol. The smallest absolute Gasteiger partial charge is 0.294 e. The first kappa shape index (κ1) is 24.3. The number of halogens is 10. The van der Waals surface area contributed by atoms with Crippen LogP contribution in [-0.4, -0.2) is 18.1 Å². The van der Waals surface area contributed by atoms with E-state index in [-0.39, 0.29) is 33.8 Å². The molecule has 160 valence electrons. The largest absolute Gasteiger partial charge is 0.435 e. The Balaban J connectivity index is 2.48. The molecule has 0 bridgehead atoms. The Labute approximate surface area is 179 Å². The molecule has 0 saturated heterocycles. The Morgan fingerprint density at radius 2 is 1.37 bits per heavy atom. The number of nitriles is 1. The molecule has 0 aliphatic heterocycles. The fraction of sp³-hybridized carbons (Fsp3) is 0.222. The van der Waals surface area contributed by atoms with E-state index < -0.39 is 45.8 Å². The molecular weight excluding hydrogens is 486 g/mol. The van der Waals surface area contributed by atoms with Crippen LogP contribution in [0.3, 0.4) is 0 Å². The van der Waals surface area contributed by atoms with Gasteiger partial charge in [-0.25, -0.2) is 4.39 Å². The molecule has 0 spiro atoms. The van der Waals surface area contributed by atoms with E-state index in [1.807, 2.05) is 0 Å². The minimum absolute atomic E-state index is 0.0133. The van der Waals surface area contributed by atoms with Crippen LogP contribution in [-0.2, 0) is 12.1 Å². The van der Waals surface area contributed by atoms with E-state index in [0.717, 1.165) is 6.07 Å². The monoisotopic (exact) mass is 491 g/mol. The second-order valence-corrected chi connectivity index (χ2v) is 7.20. The van der Waals surface area contributed by atoms with Gasteiger partial charge >= 0.3 is 18.0 Å². The van der Waals surface area contributed by atoms with Gasteiger partial charge in [0.2, 0.25) is 0 Å². The molecule has 0 radical (unpaired) electrons. The van der Waals surface area contributed by atoms with Gasteiger partial charge in [0.25, 0.3) is 0 Å². The van der Waals surface area contributed by atoms with E-state index in [1.165, 1.54) is 12.1 Å². The van der Waals surface area contributed by atoms with E-state index in [0.29, 0.717) is 0 Å². The molecule has 2 nitrogen and oxygen atoms in total. The van der Waals surface area contributed by atoms with Gasteiger partial charge in [0.15, 0.2) is 5.78 Å². The number of carbonyl (C=O) groups is 1. The highest BCUT2D eigenvalue weighted by Crippen LogP contribution is 2.54. The van der Waals surface area contributed by atoms with Crippen molar-refractivity contribution < 1.29 is 35.5 Å². The molecule has 12 heteroatoms. The van der Waals surface area contributed by atoms with Crippen molar-refractivity contribution in [3.05, 3.63) is 67.7 Å². The zero-order valence-electron chi connectivity index (χ0n) is 14.2. The summed E-state index contributed by atoms with van der Waals surface area (Å²) in [5.74, 6) is -0.698. The lowest BCUT2D eigenvalue weighted by Crippen LogP contribution is -2.50. The first-order valence-electron chi connectivity index (χ1n) is 7.67. The quantitative estimate of drug-likeness (QED) is 0.334. The lowest BCUT2D eigenvalue weighted by atomic mass is 9.92. The van der Waals surface area contributed by atoms with Crippen LogP contribution in [0.2, 0.25) is 15.1 Å². The predicted octanol–water partition coefficient (Wildman–Crippen LogP) is 7.23. The molecular formula is C18H7Cl3F7NO. The Morgan fingerprint density at radius 3 is 1.77 bits per heavy atom. The average molecular weight is 493 g/mol. The summed E-state index contributed by atoms with van der Waals surface area (Å²) in [6.07, 6.45) is -13.3. The summed E-state index contributed by atoms with van der Waals surface area (Å²) in [5, 5.41) is 7.24. The van der Waals surface area contributed by atoms with E-state index in [9.17, 15) is 35.5 Å². The molecule has 2 rings (SSSR count). The molecule has 2 aromatic rings. The van der Waals surface area contributed by atoms with Gasteiger partial charge in [-0.3, -0.25) is 4.79 Å². The van der Waals surface area contributed by atoms with E-state index in [2.05, 4.69) is 0 Å². The summed E-state index contributed by atoms with van der Waals surface area (Å²) in [6, 6.07) is 5.66. The Morgan fingerprint density at radius 1 is 0.867 bits per heavy atom. The summed E-state index contributed by atoms with van der Waals surface area (Å²) < 4.78 is 91.7. The van der Waals surface area contributed by atoms with Gasteiger partial charge in [-0.1, -0.05) is 34.8 Å². The van der Waals surface area contributed by atoms with E-state index >= 15 is 0 Å². The number of benzene rings is 2. The van der Waals surface area contributed by atoms with Gasteiger partial charge in [-0.2, -0.15) is 31.6 Å². The number of Topliss-reactive ketones (excluding diaryl/α,β-unsaturated/α-hetero) is 1. The molecule has 0 aliphatic rings. The number of hydrogen-bond acceptors (Lipinski definition) is 2. The van der Waals surface area contributed by atoms with E-state index in [4.69, 9.17) is 40.1 Å². The Kier molecular flexibility index (Phi) is 6.67. The van der Waals surface area contributed by atoms with Gasteiger partial charge in [0, 0.05) is 27.6 Å². The second kappa shape index (κ2) is 8.25. The van der Waals surface area contributed by atoms with Crippen molar-refractivity contribution in [2.75, 3.05) is 0 Å². The number of alkyl halides is 7. The third-order valence-electron chi connectivity index (χ3n) is 4.07. The summed E-state index contributed by atoms with van der Waals surface area (Å²) in [6.45, 7) is 0. The number of ketones is 1. The first-order chi connectivity index (χ1) is 13.6. The summed E-state index contributed by atoms with van der Waals surface area (Å²) in [5.41, 5.74) is -7.82. The van der Waals surface area contributed by atoms with Gasteiger partial charge in [-0.15, -0.1) is 0 Å². The fourth-order valence-electron chi connectivity index (χ4n) is 2.50. The Bertz CT molecular complexity index is 1000. The van der Waals surface area contributed by atoms with Crippen molar-refractivity contribution in [3.8, 4) is 6.07 Å². The molecule has 0 aromatic heterocycles. The van der Waals surface area contributed by atoms with Crippen molar-refractivity contribution in [3.63, 3.8) is 0 Å². The summed E-state index contributed by atoms with van der Waals surface area (Å²) in [7, 11) is 0. The second-order valence-electron chi connectivity index (χ2n) is 5.98. The maximum Gasteiger partial charge on any atom is 0.435 e. The normalized spacial score (nSPS) is 12.6. The van der Waals surface area contributed by atoms with E-state index in [1.54, 1.807) is 6.07 Å². The van der Waals surface area contributed by atoms with Gasteiger partial charge in [-0.05, 0) is 35.9 Å². The maximum atomic E-state index is 14.2. The van der Waals surface area contributed by atoms with Gasteiger partial charge < -0.3 is 0 Å². The number of nitrogens with zero attached hydrogens (tertiary/aromatic N) is 1. The zero-order valence-corrected chi connectivity index (χ0v) is 16.5. The first-order valence-corrected chi connectivity index (χ1v) is 8.80. The minimum atomic E-state index is -6.34. The highest BCUT2D eigenvalue weighted by molar-refractivity contribution is 6.36. The van der Waals surface area contributed by atoms with Crippen LogP contribution >= 0.6 is 34.8 Å². The van der Waals surface area contributed by atoms with Crippen LogP contribution in [0.1, 0.15) is 27.0 Å². The molecule has 30 heavy (non-hydrogen) atoms. The molecule has 0 aliphatic carbocycles. The third kappa shape index (κ3) is 4.36. The van der Waals surface area contributed by atoms with Crippen molar-refractivity contribution in [1.82, 2.24) is 0 Å². The zero-order chi connectivity index (χ0) is 23.1. The third-order valence-corrected chi connectivity index (χ3v) is 5.06.